The number of aromatic amines is 3. The monoisotopic (exact) mass is 684 g/mol. The van der Waals surface area contributed by atoms with Crippen LogP contribution in [0.5, 0.6) is 5.88 Å². The van der Waals surface area contributed by atoms with E-state index in [9.17, 15) is 29.7 Å². The maximum absolute atomic E-state index is 12.8. The summed E-state index contributed by atoms with van der Waals surface area (Å²) in [7, 11) is 0. The van der Waals surface area contributed by atoms with E-state index in [2.05, 4.69) is 26.8 Å². The summed E-state index contributed by atoms with van der Waals surface area (Å²) < 4.78 is 0. The van der Waals surface area contributed by atoms with E-state index < -0.39 is 11.9 Å². The first-order chi connectivity index (χ1) is 24.4. The number of carbonyl (C=O) groups is 3. The van der Waals surface area contributed by atoms with Crippen LogP contribution in [0.3, 0.4) is 0 Å². The number of hydrogen-bond acceptors (Lipinski definition) is 4. The molecule has 0 saturated heterocycles. The largest absolute Gasteiger partial charge is 0.494 e. The number of hydrogen-bond donors (Lipinski definition) is 7. The van der Waals surface area contributed by atoms with Gasteiger partial charge in [-0.05, 0) is 79.1 Å². The van der Waals surface area contributed by atoms with Gasteiger partial charge in [-0.3, -0.25) is 14.4 Å². The molecule has 0 atom stereocenters. The Labute approximate surface area is 294 Å². The van der Waals surface area contributed by atoms with E-state index in [0.29, 0.717) is 33.8 Å². The first kappa shape index (κ1) is 34.6. The predicted octanol–water partition coefficient (Wildman–Crippen LogP) is 5.47. The summed E-state index contributed by atoms with van der Waals surface area (Å²) in [5, 5.41) is 34.2. The minimum Gasteiger partial charge on any atom is -0.494 e. The molecule has 5 aromatic rings. The highest BCUT2D eigenvalue weighted by Gasteiger charge is 2.26. The topological polar surface area (TPSA) is 171 Å². The second-order valence-electron chi connectivity index (χ2n) is 12.8. The summed E-state index contributed by atoms with van der Waals surface area (Å²) in [4.78, 5) is 46.3. The van der Waals surface area contributed by atoms with Crippen LogP contribution in [0.25, 0.3) is 35.4 Å². The SMILES string of the molecule is C=c1c(-c2ccccc2)c(O)[nH]c1=Cc1[nH]c(Cc2[nH]c(C=C3NC(=O)C(C)=C3c3ccccc3)c(C)c2CCC(=O)O)c(CCC(=O)O)c1C. The first-order valence-electron chi connectivity index (χ1n) is 16.7. The molecule has 4 heterocycles. The molecule has 0 unspecified atom stereocenters. The van der Waals surface area contributed by atoms with Crippen molar-refractivity contribution in [3.63, 3.8) is 0 Å². The van der Waals surface area contributed by atoms with Gasteiger partial charge in [-0.2, -0.15) is 0 Å². The summed E-state index contributed by atoms with van der Waals surface area (Å²) in [6, 6.07) is 19.1. The normalized spacial score (nSPS) is 14.1. The van der Waals surface area contributed by atoms with Crippen LogP contribution in [-0.4, -0.2) is 48.1 Å². The third-order valence-electron chi connectivity index (χ3n) is 9.60. The van der Waals surface area contributed by atoms with Crippen molar-refractivity contribution in [1.29, 1.82) is 0 Å². The van der Waals surface area contributed by atoms with Gasteiger partial charge in [0.1, 0.15) is 0 Å². The molecule has 3 aromatic heterocycles. The molecule has 260 valence electrons. The van der Waals surface area contributed by atoms with E-state index in [-0.39, 0.29) is 37.5 Å². The molecule has 1 amide bonds. The number of carbonyl (C=O) groups excluding carboxylic acids is 1. The number of amides is 1. The van der Waals surface area contributed by atoms with Crippen LogP contribution in [-0.2, 0) is 33.6 Å². The molecule has 0 fully saturated rings. The van der Waals surface area contributed by atoms with E-state index in [1.54, 1.807) is 6.92 Å². The number of rotatable bonds is 12. The zero-order valence-electron chi connectivity index (χ0n) is 28.7. The number of H-pyrrole nitrogens is 3. The molecule has 0 saturated carbocycles. The summed E-state index contributed by atoms with van der Waals surface area (Å²) in [5.74, 6) is -2.02. The number of nitrogens with one attached hydrogen (secondary N) is 4. The van der Waals surface area contributed by atoms with Gasteiger partial charge in [0.05, 0.1) is 16.6 Å². The van der Waals surface area contributed by atoms with Crippen molar-refractivity contribution in [1.82, 2.24) is 20.3 Å². The minimum atomic E-state index is -0.920. The van der Waals surface area contributed by atoms with Crippen LogP contribution in [0.2, 0.25) is 0 Å². The fraction of sp³-hybridized carbons (Fsp3) is 0.195. The summed E-state index contributed by atoms with van der Waals surface area (Å²) in [6.07, 6.45) is 4.50. The molecule has 51 heavy (non-hydrogen) atoms. The molecule has 10 nitrogen and oxygen atoms in total. The molecule has 1 aliphatic heterocycles. The third kappa shape index (κ3) is 7.07. The van der Waals surface area contributed by atoms with Gasteiger partial charge in [0, 0.05) is 58.4 Å². The lowest BCUT2D eigenvalue weighted by Crippen LogP contribution is -2.22. The van der Waals surface area contributed by atoms with Gasteiger partial charge in [-0.1, -0.05) is 67.2 Å². The molecule has 0 radical (unpaired) electrons. The molecular formula is C41H40N4O6. The Morgan fingerprint density at radius 1 is 0.745 bits per heavy atom. The van der Waals surface area contributed by atoms with Gasteiger partial charge in [0.15, 0.2) is 5.88 Å². The quantitative estimate of drug-likeness (QED) is 0.0919. The second-order valence-corrected chi connectivity index (χ2v) is 12.8. The molecule has 0 aliphatic carbocycles. The second kappa shape index (κ2) is 14.3. The number of benzene rings is 2. The highest BCUT2D eigenvalue weighted by molar-refractivity contribution is 6.12. The molecule has 10 heteroatoms. The zero-order chi connectivity index (χ0) is 36.4. The van der Waals surface area contributed by atoms with Gasteiger partial charge in [-0.15, -0.1) is 0 Å². The van der Waals surface area contributed by atoms with Crippen LogP contribution in [0.1, 0.15) is 70.4 Å². The highest BCUT2D eigenvalue weighted by Crippen LogP contribution is 2.34. The number of carboxylic acid groups (broad SMARTS) is 2. The van der Waals surface area contributed by atoms with Crippen molar-refractivity contribution in [2.45, 2.75) is 52.9 Å². The summed E-state index contributed by atoms with van der Waals surface area (Å²) in [5.41, 5.74) is 10.8. The molecule has 2 aromatic carbocycles. The molecule has 0 spiro atoms. The number of allylic oxidation sites excluding steroid dienone is 1. The van der Waals surface area contributed by atoms with Gasteiger partial charge in [0.25, 0.3) is 5.91 Å². The van der Waals surface area contributed by atoms with Gasteiger partial charge in [-0.25, -0.2) is 0 Å². The minimum absolute atomic E-state index is 0.00141. The maximum atomic E-state index is 12.8. The van der Waals surface area contributed by atoms with E-state index in [1.165, 1.54) is 0 Å². The smallest absolute Gasteiger partial charge is 0.303 e. The average molecular weight is 685 g/mol. The Morgan fingerprint density at radius 2 is 1.25 bits per heavy atom. The van der Waals surface area contributed by atoms with Crippen LogP contribution < -0.4 is 15.9 Å². The Bertz CT molecular complexity index is 2340. The van der Waals surface area contributed by atoms with E-state index in [0.717, 1.165) is 61.7 Å². The molecular weight excluding hydrogens is 644 g/mol. The predicted molar refractivity (Wildman–Crippen MR) is 197 cm³/mol. The summed E-state index contributed by atoms with van der Waals surface area (Å²) >= 11 is 0. The van der Waals surface area contributed by atoms with Crippen LogP contribution >= 0.6 is 0 Å². The van der Waals surface area contributed by atoms with Crippen molar-refractivity contribution in [2.75, 3.05) is 0 Å². The van der Waals surface area contributed by atoms with E-state index >= 15 is 0 Å². The van der Waals surface area contributed by atoms with Crippen molar-refractivity contribution in [2.24, 2.45) is 0 Å². The number of aromatic nitrogens is 3. The number of aromatic hydroxyl groups is 1. The van der Waals surface area contributed by atoms with Crippen LogP contribution in [0.4, 0.5) is 0 Å². The van der Waals surface area contributed by atoms with Crippen LogP contribution in [0, 0.1) is 13.8 Å². The summed E-state index contributed by atoms with van der Waals surface area (Å²) in [6.45, 7) is 9.88. The fourth-order valence-corrected chi connectivity index (χ4v) is 6.90. The Hall–Kier alpha value is -6.29. The van der Waals surface area contributed by atoms with E-state index in [1.807, 2.05) is 86.7 Å². The van der Waals surface area contributed by atoms with Crippen molar-refractivity contribution in [3.8, 4) is 17.0 Å². The highest BCUT2D eigenvalue weighted by atomic mass is 16.4. The number of carboxylic acids is 2. The lowest BCUT2D eigenvalue weighted by atomic mass is 9.97. The molecule has 7 N–H and O–H groups in total. The molecule has 0 bridgehead atoms. The van der Waals surface area contributed by atoms with Crippen LogP contribution in [0.15, 0.2) is 71.9 Å². The first-order valence-corrected chi connectivity index (χ1v) is 16.7. The number of aliphatic carboxylic acids is 2. The Kier molecular flexibility index (Phi) is 9.68. The van der Waals surface area contributed by atoms with Crippen molar-refractivity contribution >= 4 is 42.1 Å². The lowest BCUT2D eigenvalue weighted by Gasteiger charge is -2.07. The Morgan fingerprint density at radius 3 is 1.78 bits per heavy atom. The zero-order valence-corrected chi connectivity index (χ0v) is 28.7. The molecule has 6 rings (SSSR count). The maximum Gasteiger partial charge on any atom is 0.303 e. The van der Waals surface area contributed by atoms with E-state index in [4.69, 9.17) is 0 Å². The standard InChI is InChI=1S/C41H40N4O6/c1-22-28(15-17-36(46)47)33(42-30(22)19-32-24(3)39(41(51)44-32)27-13-9-6-10-14-27)21-34-29(16-18-37(48)49)23(2)31(43-34)20-35-38(25(4)40(50)45-35)26-11-7-5-8-12-26/h5-14,19-20,42-44,51H,3,15-18,21H2,1-2,4H3,(H,45,50)(H,46,47)(H,48,49). The Balaban J connectivity index is 1.44. The van der Waals surface area contributed by atoms with Gasteiger partial charge >= 0.3 is 11.9 Å². The fourth-order valence-electron chi connectivity index (χ4n) is 6.90. The van der Waals surface area contributed by atoms with Gasteiger partial charge in [0.2, 0.25) is 0 Å². The molecule has 1 aliphatic rings. The third-order valence-corrected chi connectivity index (χ3v) is 9.60. The lowest BCUT2D eigenvalue weighted by molar-refractivity contribution is -0.138. The van der Waals surface area contributed by atoms with Crippen molar-refractivity contribution in [3.05, 3.63) is 133 Å². The average Bonchev–Trinajstić information content (AvgIpc) is 3.75. The van der Waals surface area contributed by atoms with Gasteiger partial charge < -0.3 is 35.6 Å². The van der Waals surface area contributed by atoms with Crippen molar-refractivity contribution < 1.29 is 29.7 Å².